The minimum Gasteiger partial charge on any atom is -0.487 e. The second kappa shape index (κ2) is 7.22. The third-order valence-corrected chi connectivity index (χ3v) is 5.80. The van der Waals surface area contributed by atoms with Gasteiger partial charge in [0.1, 0.15) is 17.9 Å². The summed E-state index contributed by atoms with van der Waals surface area (Å²) in [6, 6.07) is 2.69. The number of ether oxygens (including phenoxy) is 1. The first-order chi connectivity index (χ1) is 15.0. The van der Waals surface area contributed by atoms with Crippen LogP contribution in [0.3, 0.4) is 0 Å². The Morgan fingerprint density at radius 3 is 2.55 bits per heavy atom. The van der Waals surface area contributed by atoms with E-state index in [4.69, 9.17) is 4.74 Å². The SMILES string of the molecule is CC1COc2c(N3CCN(c4ncccn4)CC3)c(F)cc3c(=O)c(C(=O)O)cn1c23. The van der Waals surface area contributed by atoms with Crippen LogP contribution < -0.4 is 20.0 Å². The molecule has 2 aromatic heterocycles. The van der Waals surface area contributed by atoms with E-state index in [9.17, 15) is 14.7 Å². The number of carboxylic acids is 1. The maximum atomic E-state index is 15.3. The van der Waals surface area contributed by atoms with Gasteiger partial charge >= 0.3 is 5.97 Å². The lowest BCUT2D eigenvalue weighted by atomic mass is 10.1. The van der Waals surface area contributed by atoms with Crippen molar-refractivity contribution in [2.24, 2.45) is 0 Å². The first-order valence-corrected chi connectivity index (χ1v) is 10.00. The van der Waals surface area contributed by atoms with Gasteiger partial charge in [-0.2, -0.15) is 0 Å². The number of anilines is 2. The summed E-state index contributed by atoms with van der Waals surface area (Å²) in [4.78, 5) is 36.7. The molecule has 1 N–H and O–H groups in total. The van der Waals surface area contributed by atoms with Crippen LogP contribution in [-0.4, -0.2) is 58.4 Å². The van der Waals surface area contributed by atoms with Crippen LogP contribution in [0, 0.1) is 5.82 Å². The second-order valence-electron chi connectivity index (χ2n) is 7.70. The molecule has 0 aliphatic carbocycles. The summed E-state index contributed by atoms with van der Waals surface area (Å²) in [6.07, 6.45) is 4.69. The summed E-state index contributed by atoms with van der Waals surface area (Å²) < 4.78 is 22.9. The zero-order valence-electron chi connectivity index (χ0n) is 16.8. The fraction of sp³-hybridized carbons (Fsp3) is 0.333. The molecule has 1 fully saturated rings. The molecule has 3 aromatic rings. The van der Waals surface area contributed by atoms with Gasteiger partial charge in [-0.3, -0.25) is 4.79 Å². The molecular formula is C21H20FN5O4. The molecule has 0 amide bonds. The van der Waals surface area contributed by atoms with Crippen molar-refractivity contribution in [3.8, 4) is 5.75 Å². The van der Waals surface area contributed by atoms with Gasteiger partial charge in [0.2, 0.25) is 11.4 Å². The Hall–Kier alpha value is -3.69. The molecule has 5 rings (SSSR count). The van der Waals surface area contributed by atoms with E-state index in [0.29, 0.717) is 43.3 Å². The first kappa shape index (κ1) is 19.3. The van der Waals surface area contributed by atoms with E-state index in [1.54, 1.807) is 23.0 Å². The van der Waals surface area contributed by atoms with Gasteiger partial charge in [-0.15, -0.1) is 0 Å². The first-order valence-electron chi connectivity index (χ1n) is 10.00. The number of piperazine rings is 1. The van der Waals surface area contributed by atoms with E-state index in [0.717, 1.165) is 6.07 Å². The van der Waals surface area contributed by atoms with E-state index in [1.807, 2.05) is 16.7 Å². The number of pyridine rings is 1. The molecule has 160 valence electrons. The summed E-state index contributed by atoms with van der Waals surface area (Å²) in [6.45, 7) is 4.34. The fourth-order valence-electron chi connectivity index (χ4n) is 4.24. The minimum absolute atomic E-state index is 0.0130. The highest BCUT2D eigenvalue weighted by Crippen LogP contribution is 2.42. The zero-order valence-corrected chi connectivity index (χ0v) is 16.8. The summed E-state index contributed by atoms with van der Waals surface area (Å²) >= 11 is 0. The van der Waals surface area contributed by atoms with Crippen molar-refractivity contribution in [3.63, 3.8) is 0 Å². The average Bonchev–Trinajstić information content (AvgIpc) is 2.78. The molecule has 4 heterocycles. The van der Waals surface area contributed by atoms with Crippen molar-refractivity contribution < 1.29 is 19.0 Å². The molecule has 10 heteroatoms. The Morgan fingerprint density at radius 1 is 1.19 bits per heavy atom. The minimum atomic E-state index is -1.33. The fourth-order valence-corrected chi connectivity index (χ4v) is 4.24. The second-order valence-corrected chi connectivity index (χ2v) is 7.70. The summed E-state index contributed by atoms with van der Waals surface area (Å²) in [5, 5.41) is 9.42. The molecule has 9 nitrogen and oxygen atoms in total. The Labute approximate surface area is 176 Å². The van der Waals surface area contributed by atoms with Crippen LogP contribution in [0.5, 0.6) is 5.75 Å². The van der Waals surface area contributed by atoms with Crippen LogP contribution >= 0.6 is 0 Å². The van der Waals surface area contributed by atoms with Crippen LogP contribution in [0.4, 0.5) is 16.0 Å². The normalized spacial score (nSPS) is 18.2. The number of aromatic nitrogens is 3. The van der Waals surface area contributed by atoms with Crippen LogP contribution in [0.1, 0.15) is 23.3 Å². The van der Waals surface area contributed by atoms with Crippen LogP contribution in [0.15, 0.2) is 35.5 Å². The summed E-state index contributed by atoms with van der Waals surface area (Å²) in [5.41, 5.74) is -0.367. The van der Waals surface area contributed by atoms with E-state index < -0.39 is 17.2 Å². The molecule has 31 heavy (non-hydrogen) atoms. The lowest BCUT2D eigenvalue weighted by Crippen LogP contribution is -2.47. The van der Waals surface area contributed by atoms with Crippen molar-refractivity contribution in [2.45, 2.75) is 13.0 Å². The van der Waals surface area contributed by atoms with Gasteiger partial charge in [0.25, 0.3) is 0 Å². The Balaban J connectivity index is 1.58. The lowest BCUT2D eigenvalue weighted by Gasteiger charge is -2.38. The maximum absolute atomic E-state index is 15.3. The molecule has 0 saturated carbocycles. The topological polar surface area (TPSA) is 101 Å². The third-order valence-electron chi connectivity index (χ3n) is 5.80. The molecule has 2 aliphatic heterocycles. The number of halogens is 1. The smallest absolute Gasteiger partial charge is 0.341 e. The van der Waals surface area contributed by atoms with Crippen molar-refractivity contribution in [1.29, 1.82) is 0 Å². The zero-order chi connectivity index (χ0) is 21.7. The number of aromatic carboxylic acids is 1. The van der Waals surface area contributed by atoms with Crippen LogP contribution in [0.2, 0.25) is 0 Å². The number of hydrogen-bond acceptors (Lipinski definition) is 7. The molecule has 0 bridgehead atoms. The molecule has 1 aromatic carbocycles. The maximum Gasteiger partial charge on any atom is 0.341 e. The Kier molecular flexibility index (Phi) is 4.49. The largest absolute Gasteiger partial charge is 0.487 e. The van der Waals surface area contributed by atoms with Gasteiger partial charge in [0.15, 0.2) is 11.6 Å². The number of nitrogens with zero attached hydrogens (tertiary/aromatic N) is 5. The van der Waals surface area contributed by atoms with Gasteiger partial charge in [0, 0.05) is 44.8 Å². The number of rotatable bonds is 3. The third kappa shape index (κ3) is 3.06. The molecule has 1 unspecified atom stereocenters. The van der Waals surface area contributed by atoms with E-state index in [1.165, 1.54) is 6.20 Å². The number of carboxylic acid groups (broad SMARTS) is 1. The highest BCUT2D eigenvalue weighted by atomic mass is 19.1. The van der Waals surface area contributed by atoms with Crippen molar-refractivity contribution >= 4 is 28.5 Å². The van der Waals surface area contributed by atoms with Crippen LogP contribution in [0.25, 0.3) is 10.9 Å². The Morgan fingerprint density at radius 2 is 1.87 bits per heavy atom. The van der Waals surface area contributed by atoms with E-state index in [2.05, 4.69) is 9.97 Å². The highest BCUT2D eigenvalue weighted by molar-refractivity contribution is 5.97. The van der Waals surface area contributed by atoms with Crippen molar-refractivity contribution in [1.82, 2.24) is 14.5 Å². The Bertz CT molecular complexity index is 1240. The number of carbonyl (C=O) groups is 1. The number of benzene rings is 1. The quantitative estimate of drug-likeness (QED) is 0.679. The predicted octanol–water partition coefficient (Wildman–Crippen LogP) is 1.91. The van der Waals surface area contributed by atoms with Crippen molar-refractivity contribution in [2.75, 3.05) is 42.6 Å². The van der Waals surface area contributed by atoms with Gasteiger partial charge < -0.3 is 24.2 Å². The van der Waals surface area contributed by atoms with E-state index in [-0.39, 0.29) is 29.3 Å². The highest BCUT2D eigenvalue weighted by Gasteiger charge is 2.31. The summed E-state index contributed by atoms with van der Waals surface area (Å²) in [5.74, 6) is -1.03. The molecule has 2 aliphatic rings. The van der Waals surface area contributed by atoms with E-state index >= 15 is 4.39 Å². The molecule has 0 radical (unpaired) electrons. The van der Waals surface area contributed by atoms with Crippen LogP contribution in [-0.2, 0) is 0 Å². The standard InChI is InChI=1S/C21H20FN5O4/c1-12-11-31-19-16-13(18(28)14(20(29)30)10-27(12)16)9-15(22)17(19)25-5-7-26(8-6-25)21-23-3-2-4-24-21/h2-4,9-10,12H,5-8,11H2,1H3,(H,29,30). The molecule has 1 atom stereocenters. The summed E-state index contributed by atoms with van der Waals surface area (Å²) in [7, 11) is 0. The van der Waals surface area contributed by atoms with Gasteiger partial charge in [-0.1, -0.05) is 0 Å². The van der Waals surface area contributed by atoms with Gasteiger partial charge in [-0.25, -0.2) is 19.2 Å². The monoisotopic (exact) mass is 425 g/mol. The molecular weight excluding hydrogens is 405 g/mol. The molecule has 1 saturated heterocycles. The molecule has 0 spiro atoms. The van der Waals surface area contributed by atoms with Crippen molar-refractivity contribution in [3.05, 3.63) is 52.3 Å². The predicted molar refractivity (Wildman–Crippen MR) is 112 cm³/mol. The number of hydrogen-bond donors (Lipinski definition) is 1. The van der Waals surface area contributed by atoms with Gasteiger partial charge in [-0.05, 0) is 19.1 Å². The van der Waals surface area contributed by atoms with Gasteiger partial charge in [0.05, 0.1) is 16.9 Å². The lowest BCUT2D eigenvalue weighted by molar-refractivity contribution is 0.0694. The average molecular weight is 425 g/mol.